The van der Waals surface area contributed by atoms with Crippen molar-refractivity contribution in [2.75, 3.05) is 13.2 Å². The number of hydrogen-bond acceptors (Lipinski definition) is 7. The molecule has 0 fully saturated rings. The van der Waals surface area contributed by atoms with Crippen LogP contribution in [0.5, 0.6) is 0 Å². The van der Waals surface area contributed by atoms with Gasteiger partial charge in [0.25, 0.3) is 0 Å². The molecule has 0 heterocycles. The van der Waals surface area contributed by atoms with Gasteiger partial charge >= 0.3 is 5.97 Å². The highest BCUT2D eigenvalue weighted by Crippen LogP contribution is 2.06. The maximum atomic E-state index is 12.8. The number of carboxylic acids is 1. The summed E-state index contributed by atoms with van der Waals surface area (Å²) >= 11 is 0. The molecule has 3 amide bonds. The number of amides is 3. The molecule has 11 nitrogen and oxygen atoms in total. The van der Waals surface area contributed by atoms with Crippen LogP contribution in [0.4, 0.5) is 0 Å². The highest BCUT2D eigenvalue weighted by molar-refractivity contribution is 5.94. The van der Waals surface area contributed by atoms with Gasteiger partial charge in [-0.15, -0.1) is 0 Å². The lowest BCUT2D eigenvalue weighted by atomic mass is 10.0. The van der Waals surface area contributed by atoms with Crippen molar-refractivity contribution >= 4 is 23.7 Å². The van der Waals surface area contributed by atoms with Crippen molar-refractivity contribution in [3.63, 3.8) is 0 Å². The topological polar surface area (TPSA) is 191 Å². The minimum absolute atomic E-state index is 0.00417. The first kappa shape index (κ1) is 27.4. The van der Waals surface area contributed by atoms with E-state index in [0.717, 1.165) is 5.56 Å². The van der Waals surface area contributed by atoms with Crippen molar-refractivity contribution in [2.45, 2.75) is 37.0 Å². The zero-order valence-electron chi connectivity index (χ0n) is 19.0. The quantitative estimate of drug-likeness (QED) is 0.175. The monoisotopic (exact) mass is 486 g/mol. The summed E-state index contributed by atoms with van der Waals surface area (Å²) in [5.41, 5.74) is 7.42. The first-order valence-corrected chi connectivity index (χ1v) is 10.9. The zero-order chi connectivity index (χ0) is 25.8. The van der Waals surface area contributed by atoms with E-state index >= 15 is 0 Å². The lowest BCUT2D eigenvalue weighted by Gasteiger charge is -2.24. The van der Waals surface area contributed by atoms with Crippen molar-refractivity contribution in [3.05, 3.63) is 71.8 Å². The van der Waals surface area contributed by atoms with Crippen LogP contribution in [0.1, 0.15) is 11.1 Å². The van der Waals surface area contributed by atoms with Crippen LogP contribution in [0, 0.1) is 0 Å². The van der Waals surface area contributed by atoms with Crippen LogP contribution in [0.25, 0.3) is 0 Å². The van der Waals surface area contributed by atoms with Gasteiger partial charge in [0, 0.05) is 6.42 Å². The molecule has 0 saturated heterocycles. The highest BCUT2D eigenvalue weighted by Gasteiger charge is 2.30. The van der Waals surface area contributed by atoms with E-state index in [1.165, 1.54) is 0 Å². The Kier molecular flexibility index (Phi) is 10.8. The maximum Gasteiger partial charge on any atom is 0.328 e. The van der Waals surface area contributed by atoms with Gasteiger partial charge in [0.05, 0.1) is 19.3 Å². The van der Waals surface area contributed by atoms with Crippen LogP contribution in [0.2, 0.25) is 0 Å². The molecule has 2 rings (SSSR count). The van der Waals surface area contributed by atoms with E-state index in [-0.39, 0.29) is 12.8 Å². The normalized spacial score (nSPS) is 14.1. The Morgan fingerprint density at radius 1 is 0.657 bits per heavy atom. The number of carbonyl (C=O) groups is 4. The number of carboxylic acid groups (broad SMARTS) is 1. The number of rotatable bonds is 13. The van der Waals surface area contributed by atoms with Gasteiger partial charge in [-0.1, -0.05) is 60.7 Å². The molecule has 8 N–H and O–H groups in total. The molecule has 0 spiro atoms. The first-order chi connectivity index (χ1) is 16.7. The molecule has 0 aromatic heterocycles. The number of nitrogens with two attached hydrogens (primary N) is 1. The van der Waals surface area contributed by atoms with Crippen molar-refractivity contribution in [2.24, 2.45) is 5.73 Å². The molecular weight excluding hydrogens is 456 g/mol. The van der Waals surface area contributed by atoms with Gasteiger partial charge < -0.3 is 37.0 Å². The van der Waals surface area contributed by atoms with E-state index in [1.807, 2.05) is 6.07 Å². The number of nitrogens with one attached hydrogen (secondary N) is 3. The molecule has 0 aliphatic rings. The highest BCUT2D eigenvalue weighted by atomic mass is 16.4. The minimum Gasteiger partial charge on any atom is -0.480 e. The van der Waals surface area contributed by atoms with Crippen LogP contribution in [0.15, 0.2) is 60.7 Å². The summed E-state index contributed by atoms with van der Waals surface area (Å²) in [6.45, 7) is -1.61. The number of benzene rings is 2. The number of aliphatic hydroxyl groups excluding tert-OH is 2. The third-order valence-corrected chi connectivity index (χ3v) is 5.16. The Morgan fingerprint density at radius 3 is 1.57 bits per heavy atom. The number of aliphatic carboxylic acids is 1. The molecule has 0 saturated carbocycles. The number of aliphatic hydroxyl groups is 2. The summed E-state index contributed by atoms with van der Waals surface area (Å²) in [5, 5.41) is 35.0. The van der Waals surface area contributed by atoms with E-state index in [9.17, 15) is 29.4 Å². The van der Waals surface area contributed by atoms with E-state index in [2.05, 4.69) is 16.0 Å². The van der Waals surface area contributed by atoms with Crippen LogP contribution < -0.4 is 21.7 Å². The van der Waals surface area contributed by atoms with E-state index in [4.69, 9.17) is 10.8 Å². The largest absolute Gasteiger partial charge is 0.480 e. The predicted octanol–water partition coefficient (Wildman–Crippen LogP) is -1.68. The lowest BCUT2D eigenvalue weighted by molar-refractivity contribution is -0.143. The minimum atomic E-state index is -1.57. The number of carbonyl (C=O) groups excluding carboxylic acids is 3. The third-order valence-electron chi connectivity index (χ3n) is 5.16. The van der Waals surface area contributed by atoms with Crippen molar-refractivity contribution in [1.82, 2.24) is 16.0 Å². The maximum absolute atomic E-state index is 12.8. The van der Waals surface area contributed by atoms with Gasteiger partial charge in [-0.3, -0.25) is 14.4 Å². The fraction of sp³-hybridized carbons (Fsp3) is 0.333. The molecular formula is C24H30N4O7. The Labute approximate surface area is 202 Å². The SMILES string of the molecule is NC(Cc1ccccc1)C(=O)NC(CO)C(=O)NC(Cc1ccccc1)C(=O)NC(CO)C(=O)O. The Bertz CT molecular complexity index is 988. The van der Waals surface area contributed by atoms with E-state index < -0.39 is 61.1 Å². The summed E-state index contributed by atoms with van der Waals surface area (Å²) in [5.74, 6) is -3.83. The summed E-state index contributed by atoms with van der Waals surface area (Å²) in [6.07, 6.45) is 0.207. The molecule has 0 bridgehead atoms. The van der Waals surface area contributed by atoms with E-state index in [0.29, 0.717) is 5.56 Å². The second-order valence-corrected chi connectivity index (χ2v) is 7.87. The lowest BCUT2D eigenvalue weighted by Crippen LogP contribution is -2.59. The first-order valence-electron chi connectivity index (χ1n) is 10.9. The smallest absolute Gasteiger partial charge is 0.328 e. The molecule has 2 aromatic carbocycles. The molecule has 35 heavy (non-hydrogen) atoms. The van der Waals surface area contributed by atoms with Crippen LogP contribution >= 0.6 is 0 Å². The molecule has 11 heteroatoms. The molecule has 0 aliphatic carbocycles. The predicted molar refractivity (Wildman–Crippen MR) is 126 cm³/mol. The van der Waals surface area contributed by atoms with Crippen molar-refractivity contribution < 1.29 is 34.5 Å². The van der Waals surface area contributed by atoms with Gasteiger partial charge in [0.1, 0.15) is 18.1 Å². The van der Waals surface area contributed by atoms with Crippen LogP contribution in [-0.4, -0.2) is 76.4 Å². The third kappa shape index (κ3) is 8.81. The van der Waals surface area contributed by atoms with Gasteiger partial charge in [-0.2, -0.15) is 0 Å². The molecule has 4 unspecified atom stereocenters. The van der Waals surface area contributed by atoms with Crippen LogP contribution in [-0.2, 0) is 32.0 Å². The number of hydrogen-bond donors (Lipinski definition) is 7. The fourth-order valence-corrected chi connectivity index (χ4v) is 3.22. The second-order valence-electron chi connectivity index (χ2n) is 7.87. The molecule has 0 radical (unpaired) electrons. The van der Waals surface area contributed by atoms with E-state index in [1.54, 1.807) is 54.6 Å². The summed E-state index contributed by atoms with van der Waals surface area (Å²) in [4.78, 5) is 49.2. The second kappa shape index (κ2) is 13.8. The molecule has 0 aliphatic heterocycles. The summed E-state index contributed by atoms with van der Waals surface area (Å²) in [6, 6.07) is 12.5. The Morgan fingerprint density at radius 2 is 1.09 bits per heavy atom. The zero-order valence-corrected chi connectivity index (χ0v) is 19.0. The van der Waals surface area contributed by atoms with Crippen LogP contribution in [0.3, 0.4) is 0 Å². The van der Waals surface area contributed by atoms with Crippen molar-refractivity contribution in [1.29, 1.82) is 0 Å². The molecule has 4 atom stereocenters. The Balaban J connectivity index is 2.09. The van der Waals surface area contributed by atoms with Gasteiger partial charge in [-0.25, -0.2) is 4.79 Å². The van der Waals surface area contributed by atoms with Crippen molar-refractivity contribution in [3.8, 4) is 0 Å². The van der Waals surface area contributed by atoms with Gasteiger partial charge in [-0.05, 0) is 17.5 Å². The van der Waals surface area contributed by atoms with Gasteiger partial charge in [0.15, 0.2) is 0 Å². The molecule has 2 aromatic rings. The Hall–Kier alpha value is -3.80. The standard InChI is InChI=1S/C24H30N4O7/c25-17(11-15-7-3-1-4-8-15)21(31)27-19(13-29)23(33)26-18(12-16-9-5-2-6-10-16)22(32)28-20(14-30)24(34)35/h1-10,17-20,29-30H,11-14,25H2,(H,26,33)(H,27,31)(H,28,32)(H,34,35). The van der Waals surface area contributed by atoms with Gasteiger partial charge in [0.2, 0.25) is 17.7 Å². The molecule has 188 valence electrons. The summed E-state index contributed by atoms with van der Waals surface area (Å²) in [7, 11) is 0. The summed E-state index contributed by atoms with van der Waals surface area (Å²) < 4.78 is 0. The average molecular weight is 487 g/mol. The average Bonchev–Trinajstić information content (AvgIpc) is 2.85. The fourth-order valence-electron chi connectivity index (χ4n) is 3.22.